The molecule has 1 heterocycles. The van der Waals surface area contributed by atoms with Gasteiger partial charge in [-0.05, 0) is 24.5 Å². The van der Waals surface area contributed by atoms with E-state index in [1.807, 2.05) is 30.4 Å². The Hall–Kier alpha value is -1.98. The number of nitrogen functional groups attached to an aromatic ring is 1. The molecule has 1 aliphatic rings. The summed E-state index contributed by atoms with van der Waals surface area (Å²) in [4.78, 5) is 8.14. The van der Waals surface area contributed by atoms with Crippen LogP contribution in [0.5, 0.6) is 0 Å². The third-order valence-electron chi connectivity index (χ3n) is 3.79. The van der Waals surface area contributed by atoms with Crippen molar-refractivity contribution >= 4 is 22.9 Å². The lowest BCUT2D eigenvalue weighted by Gasteiger charge is -2.12. The normalized spacial score (nSPS) is 26.6. The molecule has 20 heavy (non-hydrogen) atoms. The second-order valence-corrected chi connectivity index (χ2v) is 5.20. The van der Waals surface area contributed by atoms with Gasteiger partial charge in [0.2, 0.25) is 5.95 Å². The quantitative estimate of drug-likeness (QED) is 0.767. The molecule has 1 fully saturated rings. The smallest absolute Gasteiger partial charge is 0.220 e. The van der Waals surface area contributed by atoms with Gasteiger partial charge in [0.15, 0.2) is 0 Å². The molecule has 0 radical (unpaired) electrons. The molecule has 2 aromatic rings. The molecule has 1 aliphatic carbocycles. The first-order chi connectivity index (χ1) is 9.63. The Balaban J connectivity index is 1.84. The van der Waals surface area contributed by atoms with Gasteiger partial charge in [-0.2, -0.15) is 0 Å². The van der Waals surface area contributed by atoms with Gasteiger partial charge in [-0.1, -0.05) is 24.3 Å². The average molecular weight is 271 g/mol. The molecule has 5 nitrogen and oxygen atoms in total. The summed E-state index contributed by atoms with van der Waals surface area (Å²) in [5.74, 6) is 0.268. The Labute approximate surface area is 116 Å². The number of nitrogens with zero attached hydrogens (tertiary/aromatic N) is 2. The van der Waals surface area contributed by atoms with Crippen molar-refractivity contribution < 1.29 is 10.2 Å². The molecule has 4 N–H and O–H groups in total. The fraction of sp³-hybridized carbons (Fsp3) is 0.333. The first-order valence-electron chi connectivity index (χ1n) is 6.70. The monoisotopic (exact) mass is 271 g/mol. The predicted octanol–water partition coefficient (Wildman–Crippen LogP) is 1.36. The molecule has 104 valence electrons. The van der Waals surface area contributed by atoms with E-state index < -0.39 is 12.2 Å². The zero-order chi connectivity index (χ0) is 14.1. The number of hydrogen-bond donors (Lipinski definition) is 3. The second kappa shape index (κ2) is 5.19. The lowest BCUT2D eigenvalue weighted by molar-refractivity contribution is 0.0300. The van der Waals surface area contributed by atoms with Gasteiger partial charge in [0.05, 0.1) is 17.7 Å². The minimum absolute atomic E-state index is 0.0103. The van der Waals surface area contributed by atoms with E-state index in [2.05, 4.69) is 9.97 Å². The van der Waals surface area contributed by atoms with Crippen molar-refractivity contribution in [3.05, 3.63) is 36.0 Å². The van der Waals surface area contributed by atoms with Crippen LogP contribution in [0.2, 0.25) is 0 Å². The van der Waals surface area contributed by atoms with Crippen molar-refractivity contribution in [2.75, 3.05) is 5.73 Å². The number of anilines is 1. The summed E-state index contributed by atoms with van der Waals surface area (Å²) >= 11 is 0. The van der Waals surface area contributed by atoms with Gasteiger partial charge in [0.1, 0.15) is 0 Å². The van der Waals surface area contributed by atoms with Gasteiger partial charge < -0.3 is 15.9 Å². The van der Waals surface area contributed by atoms with E-state index in [0.29, 0.717) is 6.42 Å². The maximum Gasteiger partial charge on any atom is 0.220 e. The highest BCUT2D eigenvalue weighted by atomic mass is 16.3. The van der Waals surface area contributed by atoms with Gasteiger partial charge in [0.25, 0.3) is 0 Å². The Morgan fingerprint density at radius 1 is 1.25 bits per heavy atom. The molecule has 3 atom stereocenters. The third-order valence-corrected chi connectivity index (χ3v) is 3.79. The van der Waals surface area contributed by atoms with Gasteiger partial charge >= 0.3 is 0 Å². The van der Waals surface area contributed by atoms with Crippen LogP contribution < -0.4 is 5.73 Å². The van der Waals surface area contributed by atoms with Crippen molar-refractivity contribution in [1.29, 1.82) is 0 Å². The molecule has 0 aliphatic heterocycles. The van der Waals surface area contributed by atoms with E-state index in [4.69, 9.17) is 5.73 Å². The molecule has 3 unspecified atom stereocenters. The average Bonchev–Trinajstić information content (AvgIpc) is 2.76. The van der Waals surface area contributed by atoms with Crippen molar-refractivity contribution in [1.82, 2.24) is 9.97 Å². The molecule has 0 amide bonds. The van der Waals surface area contributed by atoms with E-state index in [9.17, 15) is 10.2 Å². The van der Waals surface area contributed by atoms with Crippen LogP contribution in [0.1, 0.15) is 18.4 Å². The summed E-state index contributed by atoms with van der Waals surface area (Å²) in [5.41, 5.74) is 7.37. The van der Waals surface area contributed by atoms with E-state index >= 15 is 0 Å². The zero-order valence-corrected chi connectivity index (χ0v) is 11.0. The summed E-state index contributed by atoms with van der Waals surface area (Å²) in [6.45, 7) is 0. The molecule has 3 rings (SSSR count). The minimum Gasteiger partial charge on any atom is -0.390 e. The van der Waals surface area contributed by atoms with Gasteiger partial charge in [-0.3, -0.25) is 0 Å². The SMILES string of the molecule is Nc1ncc2ccc(/C=C/C3CCC(O)C3O)cc2n1. The number of aliphatic hydroxyl groups excluding tert-OH is 2. The van der Waals surface area contributed by atoms with Crippen LogP contribution in [0.15, 0.2) is 30.5 Å². The fourth-order valence-electron chi connectivity index (χ4n) is 2.59. The first kappa shape index (κ1) is 13.0. The zero-order valence-electron chi connectivity index (χ0n) is 11.0. The molecule has 1 aromatic heterocycles. The number of aromatic nitrogens is 2. The second-order valence-electron chi connectivity index (χ2n) is 5.20. The van der Waals surface area contributed by atoms with Gasteiger partial charge in [0, 0.05) is 17.5 Å². The molecule has 0 spiro atoms. The van der Waals surface area contributed by atoms with Crippen LogP contribution in [0.4, 0.5) is 5.95 Å². The number of benzene rings is 1. The standard InChI is InChI=1S/C15H17N3O2/c16-15-17-8-11-4-2-9(7-12(11)18-15)1-3-10-5-6-13(19)14(10)20/h1-4,7-8,10,13-14,19-20H,5-6H2,(H2,16,17,18)/b3-1+. The maximum atomic E-state index is 9.81. The van der Waals surface area contributed by atoms with Crippen LogP contribution in [-0.4, -0.2) is 32.4 Å². The molecular formula is C15H17N3O2. The van der Waals surface area contributed by atoms with E-state index in [0.717, 1.165) is 22.9 Å². The van der Waals surface area contributed by atoms with Crippen LogP contribution >= 0.6 is 0 Å². The molecule has 0 bridgehead atoms. The Morgan fingerprint density at radius 3 is 2.85 bits per heavy atom. The van der Waals surface area contributed by atoms with Crippen LogP contribution in [0, 0.1) is 5.92 Å². The minimum atomic E-state index is -0.662. The summed E-state index contributed by atoms with van der Waals surface area (Å²) in [6.07, 6.45) is 5.79. The lowest BCUT2D eigenvalue weighted by Crippen LogP contribution is -2.23. The molecule has 5 heteroatoms. The largest absolute Gasteiger partial charge is 0.390 e. The Kier molecular flexibility index (Phi) is 3.38. The predicted molar refractivity (Wildman–Crippen MR) is 77.7 cm³/mol. The van der Waals surface area contributed by atoms with Crippen molar-refractivity contribution in [2.45, 2.75) is 25.0 Å². The van der Waals surface area contributed by atoms with Crippen LogP contribution in [-0.2, 0) is 0 Å². The first-order valence-corrected chi connectivity index (χ1v) is 6.70. The summed E-state index contributed by atoms with van der Waals surface area (Å²) in [5, 5.41) is 20.3. The third kappa shape index (κ3) is 2.50. The highest BCUT2D eigenvalue weighted by molar-refractivity contribution is 5.81. The molecule has 0 saturated heterocycles. The van der Waals surface area contributed by atoms with Gasteiger partial charge in [-0.25, -0.2) is 9.97 Å². The molecule has 1 aromatic carbocycles. The van der Waals surface area contributed by atoms with Crippen molar-refractivity contribution in [3.8, 4) is 0 Å². The summed E-state index contributed by atoms with van der Waals surface area (Å²) in [7, 11) is 0. The van der Waals surface area contributed by atoms with Crippen molar-refractivity contribution in [2.24, 2.45) is 5.92 Å². The number of rotatable bonds is 2. The van der Waals surface area contributed by atoms with Crippen LogP contribution in [0.25, 0.3) is 17.0 Å². The van der Waals surface area contributed by atoms with E-state index in [-0.39, 0.29) is 11.9 Å². The van der Waals surface area contributed by atoms with Gasteiger partial charge in [-0.15, -0.1) is 0 Å². The van der Waals surface area contributed by atoms with E-state index in [1.165, 1.54) is 0 Å². The van der Waals surface area contributed by atoms with Crippen LogP contribution in [0.3, 0.4) is 0 Å². The number of aliphatic hydroxyl groups is 2. The Morgan fingerprint density at radius 2 is 2.10 bits per heavy atom. The number of fused-ring (bicyclic) bond motifs is 1. The maximum absolute atomic E-state index is 9.81. The summed E-state index contributed by atoms with van der Waals surface area (Å²) < 4.78 is 0. The topological polar surface area (TPSA) is 92.3 Å². The Bertz CT molecular complexity index is 657. The van der Waals surface area contributed by atoms with E-state index in [1.54, 1.807) is 6.20 Å². The molecule has 1 saturated carbocycles. The summed E-state index contributed by atoms with van der Waals surface area (Å²) in [6, 6.07) is 5.84. The fourth-order valence-corrected chi connectivity index (χ4v) is 2.59. The lowest BCUT2D eigenvalue weighted by atomic mass is 10.0. The highest BCUT2D eigenvalue weighted by Gasteiger charge is 2.31. The highest BCUT2D eigenvalue weighted by Crippen LogP contribution is 2.28. The number of nitrogens with two attached hydrogens (primary N) is 1. The number of hydrogen-bond acceptors (Lipinski definition) is 5. The van der Waals surface area contributed by atoms with Crippen molar-refractivity contribution in [3.63, 3.8) is 0 Å². The molecular weight excluding hydrogens is 254 g/mol.